The van der Waals surface area contributed by atoms with Crippen molar-refractivity contribution in [2.75, 3.05) is 13.2 Å². The molecule has 0 N–H and O–H groups in total. The van der Waals surface area contributed by atoms with Gasteiger partial charge in [-0.25, -0.2) is 4.68 Å². The zero-order chi connectivity index (χ0) is 16.7. The van der Waals surface area contributed by atoms with Crippen LogP contribution in [0.4, 0.5) is 0 Å². The van der Waals surface area contributed by atoms with Gasteiger partial charge in [-0.15, -0.1) is 5.10 Å². The molecule has 2 fully saturated rings. The van der Waals surface area contributed by atoms with Crippen LogP contribution in [0.2, 0.25) is 0 Å². The van der Waals surface area contributed by atoms with Gasteiger partial charge >= 0.3 is 6.15 Å². The third-order valence-electron chi connectivity index (χ3n) is 4.65. The lowest BCUT2D eigenvalue weighted by molar-refractivity contribution is -0.191. The van der Waals surface area contributed by atoms with E-state index in [0.29, 0.717) is 5.41 Å². The van der Waals surface area contributed by atoms with E-state index in [-0.39, 0.29) is 12.4 Å². The second kappa shape index (κ2) is 8.27. The number of ether oxygens (including phenoxy) is 2. The summed E-state index contributed by atoms with van der Waals surface area (Å²) in [6.45, 7) is 6.12. The van der Waals surface area contributed by atoms with E-state index in [1.54, 1.807) is 0 Å². The second-order valence-electron chi connectivity index (χ2n) is 6.61. The Hall–Kier alpha value is -1.65. The smallest absolute Gasteiger partial charge is 0.373 e. The van der Waals surface area contributed by atoms with Gasteiger partial charge in [0.25, 0.3) is 0 Å². The van der Waals surface area contributed by atoms with Crippen LogP contribution in [0.1, 0.15) is 64.2 Å². The van der Waals surface area contributed by atoms with Crippen LogP contribution >= 0.6 is 0 Å². The largest absolute Gasteiger partial charge is 0.476 e. The third kappa shape index (κ3) is 5.19. The molecule has 1 saturated carbocycles. The number of hydrogen-bond acceptors (Lipinski definition) is 5. The molecule has 6 heteroatoms. The highest BCUT2D eigenvalue weighted by molar-refractivity contribution is 5.23. The minimum absolute atomic E-state index is 0.104. The summed E-state index contributed by atoms with van der Waals surface area (Å²) in [6, 6.07) is 0. The first-order valence-electron chi connectivity index (χ1n) is 8.43. The highest BCUT2D eigenvalue weighted by atomic mass is 16.5. The molecule has 0 aromatic carbocycles. The minimum atomic E-state index is 0.104. The van der Waals surface area contributed by atoms with Gasteiger partial charge in [0.2, 0.25) is 5.88 Å². The molecule has 1 aliphatic heterocycles. The van der Waals surface area contributed by atoms with Crippen molar-refractivity contribution in [2.45, 2.75) is 65.0 Å². The summed E-state index contributed by atoms with van der Waals surface area (Å²) in [7, 11) is 0. The lowest BCUT2D eigenvalue weighted by atomic mass is 10.1. The Balaban J connectivity index is 0.000000595. The van der Waals surface area contributed by atoms with Crippen LogP contribution in [0, 0.1) is 5.41 Å². The summed E-state index contributed by atoms with van der Waals surface area (Å²) in [6.07, 6.45) is 10.7. The zero-order valence-corrected chi connectivity index (χ0v) is 14.0. The van der Waals surface area contributed by atoms with E-state index in [0.717, 1.165) is 38.4 Å². The molecular weight excluding hydrogens is 296 g/mol. The lowest BCUT2D eigenvalue weighted by Gasteiger charge is -2.22. The molecule has 6 nitrogen and oxygen atoms in total. The molecule has 1 aromatic rings. The maximum absolute atomic E-state index is 8.12. The maximum atomic E-state index is 8.12. The van der Waals surface area contributed by atoms with E-state index in [2.05, 4.69) is 25.1 Å². The normalized spacial score (nSPS) is 21.7. The zero-order valence-electron chi connectivity index (χ0n) is 14.0. The Kier molecular flexibility index (Phi) is 6.37. The summed E-state index contributed by atoms with van der Waals surface area (Å²) >= 11 is 0. The van der Waals surface area contributed by atoms with Gasteiger partial charge in [0.05, 0.1) is 6.61 Å². The minimum Gasteiger partial charge on any atom is -0.476 e. The fourth-order valence-corrected chi connectivity index (χ4v) is 2.71. The molecule has 23 heavy (non-hydrogen) atoms. The van der Waals surface area contributed by atoms with Crippen LogP contribution in [0.25, 0.3) is 0 Å². The van der Waals surface area contributed by atoms with Gasteiger partial charge in [0.1, 0.15) is 6.23 Å². The van der Waals surface area contributed by atoms with Gasteiger partial charge in [-0.1, -0.05) is 13.8 Å². The predicted octanol–water partition coefficient (Wildman–Crippen LogP) is 3.13. The summed E-state index contributed by atoms with van der Waals surface area (Å²) < 4.78 is 13.7. The number of aryl methyl sites for hydroxylation is 1. The Morgan fingerprint density at radius 2 is 2.17 bits per heavy atom. The van der Waals surface area contributed by atoms with Crippen LogP contribution in [0.5, 0.6) is 5.88 Å². The average molecular weight is 322 g/mol. The van der Waals surface area contributed by atoms with Crippen LogP contribution < -0.4 is 4.74 Å². The third-order valence-corrected chi connectivity index (χ3v) is 4.65. The highest BCUT2D eigenvalue weighted by Gasteiger charge is 2.36. The molecule has 0 amide bonds. The van der Waals surface area contributed by atoms with Gasteiger partial charge in [-0.05, 0) is 50.4 Å². The monoisotopic (exact) mass is 322 g/mol. The number of aromatic nitrogens is 2. The molecular formula is C17H26N2O4. The van der Waals surface area contributed by atoms with E-state index in [1.807, 2.05) is 4.68 Å². The first-order chi connectivity index (χ1) is 11.1. The van der Waals surface area contributed by atoms with E-state index in [4.69, 9.17) is 19.1 Å². The predicted molar refractivity (Wildman–Crippen MR) is 82.9 cm³/mol. The Morgan fingerprint density at radius 3 is 2.74 bits per heavy atom. The van der Waals surface area contributed by atoms with Gasteiger partial charge in [0.15, 0.2) is 0 Å². The van der Waals surface area contributed by atoms with Crippen LogP contribution in [0.15, 0.2) is 6.20 Å². The van der Waals surface area contributed by atoms with Gasteiger partial charge in [-0.3, -0.25) is 0 Å². The number of hydrogen-bond donors (Lipinski definition) is 0. The molecule has 0 bridgehead atoms. The van der Waals surface area contributed by atoms with Crippen molar-refractivity contribution in [3.63, 3.8) is 0 Å². The molecule has 1 saturated heterocycles. The van der Waals surface area contributed by atoms with E-state index < -0.39 is 0 Å². The van der Waals surface area contributed by atoms with Crippen molar-refractivity contribution in [3.8, 4) is 5.88 Å². The number of nitrogens with zero attached hydrogens (tertiary/aromatic N) is 2. The summed E-state index contributed by atoms with van der Waals surface area (Å²) in [5.41, 5.74) is 1.74. The highest BCUT2D eigenvalue weighted by Crippen LogP contribution is 2.47. The van der Waals surface area contributed by atoms with Crippen LogP contribution in [-0.2, 0) is 20.7 Å². The van der Waals surface area contributed by atoms with E-state index in [9.17, 15) is 0 Å². The maximum Gasteiger partial charge on any atom is 0.373 e. The van der Waals surface area contributed by atoms with Crippen LogP contribution in [-0.4, -0.2) is 29.1 Å². The Bertz CT molecular complexity index is 525. The Morgan fingerprint density at radius 1 is 1.43 bits per heavy atom. The SMILES string of the molecule is CCc1cn(C2CCCCO2)nc1OCCC1(C)CC1.O=C=O. The first-order valence-corrected chi connectivity index (χ1v) is 8.43. The average Bonchev–Trinajstić information content (AvgIpc) is 3.14. The van der Waals surface area contributed by atoms with E-state index >= 15 is 0 Å². The molecule has 2 aliphatic rings. The Labute approximate surface area is 137 Å². The lowest BCUT2D eigenvalue weighted by Crippen LogP contribution is -2.18. The molecule has 128 valence electrons. The molecule has 2 heterocycles. The number of carbonyl (C=O) groups excluding carboxylic acids is 2. The summed E-state index contributed by atoms with van der Waals surface area (Å²) in [5.74, 6) is 0.811. The topological polar surface area (TPSA) is 70.4 Å². The first kappa shape index (κ1) is 17.7. The summed E-state index contributed by atoms with van der Waals surface area (Å²) in [4.78, 5) is 16.2. The fraction of sp³-hybridized carbons (Fsp3) is 0.765. The van der Waals surface area contributed by atoms with E-state index in [1.165, 1.54) is 31.2 Å². The molecule has 0 radical (unpaired) electrons. The molecule has 3 rings (SSSR count). The molecule has 1 aliphatic carbocycles. The van der Waals surface area contributed by atoms with Gasteiger partial charge in [-0.2, -0.15) is 9.59 Å². The molecule has 1 atom stereocenters. The van der Waals surface area contributed by atoms with Gasteiger partial charge < -0.3 is 9.47 Å². The number of rotatable bonds is 6. The molecule has 1 aromatic heterocycles. The van der Waals surface area contributed by atoms with Crippen molar-refractivity contribution in [3.05, 3.63) is 11.8 Å². The summed E-state index contributed by atoms with van der Waals surface area (Å²) in [5, 5.41) is 4.61. The molecule has 1 unspecified atom stereocenters. The standard InChI is InChI=1S/C16H26N2O2.CO2/c1-3-13-12-18(14-6-4-5-10-19-14)17-15(13)20-11-9-16(2)7-8-16;2-1-3/h12,14H,3-11H2,1-2H3;. The van der Waals surface area contributed by atoms with Crippen LogP contribution in [0.3, 0.4) is 0 Å². The fourth-order valence-electron chi connectivity index (χ4n) is 2.71. The second-order valence-corrected chi connectivity index (χ2v) is 6.61. The van der Waals surface area contributed by atoms with Crippen molar-refractivity contribution in [1.29, 1.82) is 0 Å². The molecule has 0 spiro atoms. The van der Waals surface area contributed by atoms with Crippen molar-refractivity contribution < 1.29 is 19.1 Å². The van der Waals surface area contributed by atoms with Crippen molar-refractivity contribution in [1.82, 2.24) is 9.78 Å². The quantitative estimate of drug-likeness (QED) is 0.804. The van der Waals surface area contributed by atoms with Crippen molar-refractivity contribution in [2.24, 2.45) is 5.41 Å². The van der Waals surface area contributed by atoms with Gasteiger partial charge in [0, 0.05) is 18.4 Å². The van der Waals surface area contributed by atoms with Crippen molar-refractivity contribution >= 4 is 6.15 Å².